The topological polar surface area (TPSA) is 82.7 Å². The van der Waals surface area contributed by atoms with Gasteiger partial charge in [0.05, 0.1) is 0 Å². The summed E-state index contributed by atoms with van der Waals surface area (Å²) in [6.07, 6.45) is 0.0677. The predicted molar refractivity (Wildman–Crippen MR) is 75.6 cm³/mol. The Morgan fingerprint density at radius 1 is 1.25 bits per heavy atom. The van der Waals surface area contributed by atoms with Crippen molar-refractivity contribution < 1.29 is 14.2 Å². The van der Waals surface area contributed by atoms with E-state index in [4.69, 9.17) is 19.9 Å². The lowest BCUT2D eigenvalue weighted by Gasteiger charge is -2.17. The standard InChI is InChI=1S/C13H22N4O3/c1-4-20-8-12-15-11(14)5-13(16-12)17-6-9(18-2)10(7-17)19-3/h5,9-10H,4,6-8H2,1-3H3,(H2,14,15,16). The molecule has 2 rings (SSSR count). The molecule has 20 heavy (non-hydrogen) atoms. The zero-order valence-electron chi connectivity index (χ0n) is 12.2. The van der Waals surface area contributed by atoms with E-state index in [0.717, 1.165) is 18.9 Å². The van der Waals surface area contributed by atoms with Crippen molar-refractivity contribution in [3.8, 4) is 0 Å². The molecule has 7 nitrogen and oxygen atoms in total. The normalized spacial score (nSPS) is 22.4. The van der Waals surface area contributed by atoms with Gasteiger partial charge in [-0.15, -0.1) is 0 Å². The Bertz CT molecular complexity index is 432. The molecule has 0 amide bonds. The molecule has 1 aromatic rings. The lowest BCUT2D eigenvalue weighted by atomic mass is 10.3. The van der Waals surface area contributed by atoms with E-state index in [-0.39, 0.29) is 12.2 Å². The molecule has 1 aliphatic heterocycles. The Balaban J connectivity index is 2.14. The molecule has 1 aliphatic rings. The smallest absolute Gasteiger partial charge is 0.158 e. The zero-order chi connectivity index (χ0) is 14.5. The molecule has 7 heteroatoms. The van der Waals surface area contributed by atoms with Crippen LogP contribution >= 0.6 is 0 Å². The molecule has 112 valence electrons. The van der Waals surface area contributed by atoms with Gasteiger partial charge in [0.15, 0.2) is 5.82 Å². The monoisotopic (exact) mass is 282 g/mol. The van der Waals surface area contributed by atoms with Crippen LogP contribution in [0.2, 0.25) is 0 Å². The quantitative estimate of drug-likeness (QED) is 0.810. The van der Waals surface area contributed by atoms with E-state index < -0.39 is 0 Å². The number of aromatic nitrogens is 2. The largest absolute Gasteiger partial charge is 0.384 e. The molecule has 0 radical (unpaired) electrons. The van der Waals surface area contributed by atoms with E-state index in [9.17, 15) is 0 Å². The van der Waals surface area contributed by atoms with Crippen molar-refractivity contribution in [1.29, 1.82) is 0 Å². The zero-order valence-corrected chi connectivity index (χ0v) is 12.2. The van der Waals surface area contributed by atoms with E-state index >= 15 is 0 Å². The molecule has 0 aromatic carbocycles. The summed E-state index contributed by atoms with van der Waals surface area (Å²) in [5.74, 6) is 1.82. The first-order valence-electron chi connectivity index (χ1n) is 6.69. The average Bonchev–Trinajstić information content (AvgIpc) is 2.88. The lowest BCUT2D eigenvalue weighted by molar-refractivity contribution is -0.00461. The van der Waals surface area contributed by atoms with Gasteiger partial charge in [0.1, 0.15) is 30.5 Å². The summed E-state index contributed by atoms with van der Waals surface area (Å²) in [6, 6.07) is 1.76. The van der Waals surface area contributed by atoms with Gasteiger partial charge in [-0.2, -0.15) is 0 Å². The van der Waals surface area contributed by atoms with E-state index in [0.29, 0.717) is 24.9 Å². The Labute approximate surface area is 119 Å². The van der Waals surface area contributed by atoms with Crippen molar-refractivity contribution in [1.82, 2.24) is 9.97 Å². The molecule has 2 heterocycles. The fraction of sp³-hybridized carbons (Fsp3) is 0.692. The number of methoxy groups -OCH3 is 2. The first kappa shape index (κ1) is 15.0. The number of rotatable bonds is 6. The van der Waals surface area contributed by atoms with E-state index in [2.05, 4.69) is 14.9 Å². The number of hydrogen-bond acceptors (Lipinski definition) is 7. The summed E-state index contributed by atoms with van der Waals surface area (Å²) in [6.45, 7) is 4.36. The molecule has 1 aromatic heterocycles. The number of nitrogens with zero attached hydrogens (tertiary/aromatic N) is 3. The van der Waals surface area contributed by atoms with Crippen molar-refractivity contribution in [2.45, 2.75) is 25.7 Å². The number of nitrogens with two attached hydrogens (primary N) is 1. The Kier molecular flexibility index (Phi) is 5.11. The number of hydrogen-bond donors (Lipinski definition) is 1. The molecular weight excluding hydrogens is 260 g/mol. The second kappa shape index (κ2) is 6.83. The molecule has 0 aliphatic carbocycles. The number of anilines is 2. The van der Waals surface area contributed by atoms with Crippen LogP contribution in [0.1, 0.15) is 12.7 Å². The summed E-state index contributed by atoms with van der Waals surface area (Å²) in [5.41, 5.74) is 5.84. The second-order valence-corrected chi connectivity index (χ2v) is 4.66. The van der Waals surface area contributed by atoms with Crippen LogP contribution in [0.25, 0.3) is 0 Å². The van der Waals surface area contributed by atoms with Gasteiger partial charge in [-0.05, 0) is 6.92 Å². The second-order valence-electron chi connectivity index (χ2n) is 4.66. The van der Waals surface area contributed by atoms with Crippen LogP contribution < -0.4 is 10.6 Å². The highest BCUT2D eigenvalue weighted by molar-refractivity contribution is 5.48. The fourth-order valence-corrected chi connectivity index (χ4v) is 2.31. The van der Waals surface area contributed by atoms with E-state index in [1.165, 1.54) is 0 Å². The van der Waals surface area contributed by atoms with E-state index in [1.807, 2.05) is 6.92 Å². The maximum atomic E-state index is 5.84. The minimum absolute atomic E-state index is 0.0338. The fourth-order valence-electron chi connectivity index (χ4n) is 2.31. The van der Waals surface area contributed by atoms with Gasteiger partial charge in [-0.25, -0.2) is 9.97 Å². The summed E-state index contributed by atoms with van der Waals surface area (Å²) in [7, 11) is 3.38. The van der Waals surface area contributed by atoms with Crippen LogP contribution in [-0.4, -0.2) is 56.1 Å². The van der Waals surface area contributed by atoms with Gasteiger partial charge in [-0.1, -0.05) is 0 Å². The molecule has 0 bridgehead atoms. The molecule has 2 N–H and O–H groups in total. The molecule has 1 saturated heterocycles. The Morgan fingerprint density at radius 2 is 1.90 bits per heavy atom. The third-order valence-corrected chi connectivity index (χ3v) is 3.36. The van der Waals surface area contributed by atoms with Crippen molar-refractivity contribution >= 4 is 11.6 Å². The molecule has 0 saturated carbocycles. The highest BCUT2D eigenvalue weighted by Gasteiger charge is 2.33. The molecule has 1 fully saturated rings. The molecular formula is C13H22N4O3. The number of ether oxygens (including phenoxy) is 3. The molecule has 2 unspecified atom stereocenters. The third kappa shape index (κ3) is 3.36. The minimum atomic E-state index is 0.0338. The minimum Gasteiger partial charge on any atom is -0.384 e. The third-order valence-electron chi connectivity index (χ3n) is 3.36. The SMILES string of the molecule is CCOCc1nc(N)cc(N2CC(OC)C(OC)C2)n1. The van der Waals surface area contributed by atoms with Crippen LogP contribution in [0.4, 0.5) is 11.6 Å². The van der Waals surface area contributed by atoms with E-state index in [1.54, 1.807) is 20.3 Å². The maximum absolute atomic E-state index is 5.84. The summed E-state index contributed by atoms with van der Waals surface area (Å²) < 4.78 is 16.2. The Morgan fingerprint density at radius 3 is 2.45 bits per heavy atom. The molecule has 0 spiro atoms. The maximum Gasteiger partial charge on any atom is 0.158 e. The van der Waals surface area contributed by atoms with Gasteiger partial charge in [0, 0.05) is 40.0 Å². The van der Waals surface area contributed by atoms with Crippen molar-refractivity contribution in [2.75, 3.05) is 44.5 Å². The summed E-state index contributed by atoms with van der Waals surface area (Å²) in [5, 5.41) is 0. The van der Waals surface area contributed by atoms with Crippen molar-refractivity contribution in [2.24, 2.45) is 0 Å². The van der Waals surface area contributed by atoms with Gasteiger partial charge < -0.3 is 24.8 Å². The van der Waals surface area contributed by atoms with Crippen LogP contribution in [0.5, 0.6) is 0 Å². The highest BCUT2D eigenvalue weighted by Crippen LogP contribution is 2.23. The highest BCUT2D eigenvalue weighted by atomic mass is 16.5. The van der Waals surface area contributed by atoms with Crippen LogP contribution in [0, 0.1) is 0 Å². The van der Waals surface area contributed by atoms with Crippen LogP contribution in [0.3, 0.4) is 0 Å². The lowest BCUT2D eigenvalue weighted by Crippen LogP contribution is -2.27. The van der Waals surface area contributed by atoms with Crippen molar-refractivity contribution in [3.63, 3.8) is 0 Å². The first-order chi connectivity index (χ1) is 9.67. The van der Waals surface area contributed by atoms with Crippen LogP contribution in [0.15, 0.2) is 6.07 Å². The summed E-state index contributed by atoms with van der Waals surface area (Å²) >= 11 is 0. The van der Waals surface area contributed by atoms with Gasteiger partial charge >= 0.3 is 0 Å². The van der Waals surface area contributed by atoms with Gasteiger partial charge in [0.25, 0.3) is 0 Å². The number of nitrogen functional groups attached to an aromatic ring is 1. The first-order valence-corrected chi connectivity index (χ1v) is 6.69. The van der Waals surface area contributed by atoms with Crippen LogP contribution in [-0.2, 0) is 20.8 Å². The average molecular weight is 282 g/mol. The van der Waals surface area contributed by atoms with Gasteiger partial charge in [-0.3, -0.25) is 0 Å². The molecule has 2 atom stereocenters. The van der Waals surface area contributed by atoms with Gasteiger partial charge in [0.2, 0.25) is 0 Å². The Hall–Kier alpha value is -1.44. The summed E-state index contributed by atoms with van der Waals surface area (Å²) in [4.78, 5) is 10.8. The predicted octanol–water partition coefficient (Wildman–Crippen LogP) is 0.445. The van der Waals surface area contributed by atoms with Crippen molar-refractivity contribution in [3.05, 3.63) is 11.9 Å².